The molecule has 0 radical (unpaired) electrons. The van der Waals surface area contributed by atoms with Crippen molar-refractivity contribution in [2.45, 2.75) is 51.9 Å². The van der Waals surface area contributed by atoms with Gasteiger partial charge in [0.05, 0.1) is 29.4 Å². The van der Waals surface area contributed by atoms with Gasteiger partial charge in [-0.2, -0.15) is 13.2 Å². The Balaban J connectivity index is 1.11. The molecular weight excluding hydrogens is 736 g/mol. The number of hydrogen-bond donors (Lipinski definition) is 1. The van der Waals surface area contributed by atoms with E-state index in [0.29, 0.717) is 61.5 Å². The van der Waals surface area contributed by atoms with Crippen molar-refractivity contribution in [3.05, 3.63) is 68.1 Å². The molecule has 0 saturated carbocycles. The molecule has 3 aromatic rings. The number of amides is 1. The minimum absolute atomic E-state index is 0.169. The van der Waals surface area contributed by atoms with Crippen LogP contribution in [0.25, 0.3) is 0 Å². The van der Waals surface area contributed by atoms with Crippen molar-refractivity contribution in [1.29, 1.82) is 0 Å². The minimum Gasteiger partial charge on any atom is -0.492 e. The zero-order chi connectivity index (χ0) is 33.1. The average Bonchev–Trinajstić information content (AvgIpc) is 2.99. The van der Waals surface area contributed by atoms with Crippen LogP contribution >= 0.6 is 34.2 Å². The Morgan fingerprint density at radius 3 is 2.50 bits per heavy atom. The van der Waals surface area contributed by atoms with E-state index in [0.717, 1.165) is 43.0 Å². The van der Waals surface area contributed by atoms with Gasteiger partial charge in [-0.25, -0.2) is 14.8 Å². The van der Waals surface area contributed by atoms with Gasteiger partial charge in [0.1, 0.15) is 23.5 Å². The van der Waals surface area contributed by atoms with Crippen molar-refractivity contribution in [3.63, 3.8) is 0 Å². The lowest BCUT2D eigenvalue weighted by Gasteiger charge is -2.35. The minimum atomic E-state index is -4.41. The standard InChI is InChI=1S/C32H37ClF3IN6O3/c1-31(2,3)46-30(44)42-14-12-41(13-15-42)10-4-16-45-28-8-5-21(17-25(28)33)40-29-23-9-11-43(19-27(23)38-20-39-29)22-6-7-26(37)24(18-22)32(34,35)36/h5-8,17-18,20H,4,9-16,19H2,1-3H3,(H,38,39,40). The van der Waals surface area contributed by atoms with Crippen molar-refractivity contribution in [2.24, 2.45) is 0 Å². The molecule has 1 saturated heterocycles. The van der Waals surface area contributed by atoms with Gasteiger partial charge in [0.15, 0.2) is 0 Å². The third kappa shape index (κ3) is 8.85. The number of ether oxygens (including phenoxy) is 2. The van der Waals surface area contributed by atoms with Crippen molar-refractivity contribution in [3.8, 4) is 5.75 Å². The number of benzene rings is 2. The van der Waals surface area contributed by atoms with Gasteiger partial charge in [-0.1, -0.05) is 11.6 Å². The summed E-state index contributed by atoms with van der Waals surface area (Å²) in [5, 5.41) is 3.78. The van der Waals surface area contributed by atoms with Crippen molar-refractivity contribution in [1.82, 2.24) is 19.8 Å². The number of rotatable bonds is 8. The smallest absolute Gasteiger partial charge is 0.417 e. The Morgan fingerprint density at radius 1 is 1.04 bits per heavy atom. The number of nitrogens with one attached hydrogen (secondary N) is 1. The number of carbonyl (C=O) groups excluding carboxylic acids is 1. The van der Waals surface area contributed by atoms with E-state index in [1.54, 1.807) is 39.6 Å². The first-order chi connectivity index (χ1) is 21.8. The second-order valence-corrected chi connectivity index (χ2v) is 13.8. The van der Waals surface area contributed by atoms with Gasteiger partial charge in [0.2, 0.25) is 0 Å². The van der Waals surface area contributed by atoms with Gasteiger partial charge < -0.3 is 24.6 Å². The first-order valence-corrected chi connectivity index (χ1v) is 16.6. The quantitative estimate of drug-likeness (QED) is 0.188. The molecular formula is C32H37ClF3IN6O3. The van der Waals surface area contributed by atoms with Crippen molar-refractivity contribution >= 4 is 57.5 Å². The summed E-state index contributed by atoms with van der Waals surface area (Å²) in [7, 11) is 0. The van der Waals surface area contributed by atoms with Crippen LogP contribution in [0.15, 0.2) is 42.7 Å². The average molecular weight is 773 g/mol. The number of nitrogens with zero attached hydrogens (tertiary/aromatic N) is 5. The van der Waals surface area contributed by atoms with E-state index in [9.17, 15) is 18.0 Å². The van der Waals surface area contributed by atoms with Crippen LogP contribution in [-0.2, 0) is 23.9 Å². The number of piperazine rings is 1. The van der Waals surface area contributed by atoms with E-state index < -0.39 is 17.3 Å². The van der Waals surface area contributed by atoms with Crippen LogP contribution in [0, 0.1) is 3.57 Å². The van der Waals surface area contributed by atoms with Crippen LogP contribution in [0.1, 0.15) is 44.0 Å². The van der Waals surface area contributed by atoms with E-state index in [4.69, 9.17) is 21.1 Å². The van der Waals surface area contributed by atoms with Gasteiger partial charge in [0.25, 0.3) is 0 Å². The lowest BCUT2D eigenvalue weighted by atomic mass is 10.0. The predicted octanol–water partition coefficient (Wildman–Crippen LogP) is 7.38. The number of alkyl halides is 3. The van der Waals surface area contributed by atoms with Gasteiger partial charge in [-0.05, 0) is 92.6 Å². The fraction of sp³-hybridized carbons (Fsp3) is 0.469. The monoisotopic (exact) mass is 772 g/mol. The molecule has 0 aliphatic carbocycles. The number of carbonyl (C=O) groups is 1. The van der Waals surface area contributed by atoms with Gasteiger partial charge in [0, 0.05) is 59.8 Å². The maximum Gasteiger partial charge on any atom is 0.417 e. The van der Waals surface area contributed by atoms with Crippen molar-refractivity contribution in [2.75, 3.05) is 56.1 Å². The molecule has 1 fully saturated rings. The van der Waals surface area contributed by atoms with Crippen LogP contribution < -0.4 is 15.0 Å². The lowest BCUT2D eigenvalue weighted by molar-refractivity contribution is -0.138. The summed E-state index contributed by atoms with van der Waals surface area (Å²) in [6.07, 6.45) is -1.85. The van der Waals surface area contributed by atoms with Gasteiger partial charge in [-0.3, -0.25) is 4.90 Å². The highest BCUT2D eigenvalue weighted by Crippen LogP contribution is 2.37. The molecule has 9 nitrogen and oxygen atoms in total. The molecule has 14 heteroatoms. The van der Waals surface area contributed by atoms with Gasteiger partial charge in [-0.15, -0.1) is 0 Å². The molecule has 2 aromatic carbocycles. The van der Waals surface area contributed by atoms with E-state index >= 15 is 0 Å². The molecule has 0 atom stereocenters. The first-order valence-electron chi connectivity index (χ1n) is 15.1. The summed E-state index contributed by atoms with van der Waals surface area (Å²) in [5.41, 5.74) is 1.78. The van der Waals surface area contributed by atoms with E-state index in [-0.39, 0.29) is 9.66 Å². The molecule has 2 aliphatic heterocycles. The molecule has 0 spiro atoms. The Hall–Kier alpha value is -3.04. The molecule has 0 unspecified atom stereocenters. The molecule has 0 bridgehead atoms. The summed E-state index contributed by atoms with van der Waals surface area (Å²) in [4.78, 5) is 27.1. The maximum absolute atomic E-state index is 13.5. The van der Waals surface area contributed by atoms with E-state index in [1.165, 1.54) is 18.5 Å². The highest BCUT2D eigenvalue weighted by atomic mass is 127. The highest BCUT2D eigenvalue weighted by Gasteiger charge is 2.34. The Labute approximate surface area is 285 Å². The third-order valence-electron chi connectivity index (χ3n) is 7.72. The molecule has 46 heavy (non-hydrogen) atoms. The molecule has 248 valence electrons. The second-order valence-electron chi connectivity index (χ2n) is 12.3. The highest BCUT2D eigenvalue weighted by molar-refractivity contribution is 14.1. The molecule has 1 amide bonds. The molecule has 3 heterocycles. The number of aromatic nitrogens is 2. The molecule has 2 aliphatic rings. The zero-order valence-electron chi connectivity index (χ0n) is 26.0. The second kappa shape index (κ2) is 14.4. The SMILES string of the molecule is CC(C)(C)OC(=O)N1CCN(CCCOc2ccc(Nc3ncnc4c3CCN(c3ccc(I)c(C(F)(F)F)c3)C4)cc2Cl)CC1. The lowest BCUT2D eigenvalue weighted by Crippen LogP contribution is -2.50. The number of hydrogen-bond acceptors (Lipinski definition) is 8. The molecule has 1 aromatic heterocycles. The van der Waals surface area contributed by atoms with Crippen LogP contribution in [0.5, 0.6) is 5.75 Å². The van der Waals surface area contributed by atoms with Crippen LogP contribution in [0.2, 0.25) is 5.02 Å². The summed E-state index contributed by atoms with van der Waals surface area (Å²) in [6, 6.07) is 9.87. The maximum atomic E-state index is 13.5. The topological polar surface area (TPSA) is 83.1 Å². The number of fused-ring (bicyclic) bond motifs is 1. The normalized spacial score (nSPS) is 15.8. The Morgan fingerprint density at radius 2 is 1.80 bits per heavy atom. The zero-order valence-corrected chi connectivity index (χ0v) is 28.9. The summed E-state index contributed by atoms with van der Waals surface area (Å²) >= 11 is 8.27. The summed E-state index contributed by atoms with van der Waals surface area (Å²) in [5.74, 6) is 1.22. The van der Waals surface area contributed by atoms with Crippen LogP contribution in [0.3, 0.4) is 0 Å². The van der Waals surface area contributed by atoms with Gasteiger partial charge >= 0.3 is 12.3 Å². The summed E-state index contributed by atoms with van der Waals surface area (Å²) < 4.78 is 52.0. The molecule has 1 N–H and O–H groups in total. The summed E-state index contributed by atoms with van der Waals surface area (Å²) in [6.45, 7) is 10.7. The fourth-order valence-electron chi connectivity index (χ4n) is 5.39. The van der Waals surface area contributed by atoms with Crippen molar-refractivity contribution < 1.29 is 27.4 Å². The van der Waals surface area contributed by atoms with E-state index in [2.05, 4.69) is 20.2 Å². The third-order valence-corrected chi connectivity index (χ3v) is 8.96. The fourth-order valence-corrected chi connectivity index (χ4v) is 6.27. The molecule has 5 rings (SSSR count). The van der Waals surface area contributed by atoms with Crippen LogP contribution in [0.4, 0.5) is 35.2 Å². The first kappa shape index (κ1) is 34.3. The van der Waals surface area contributed by atoms with Crippen LogP contribution in [-0.4, -0.2) is 77.3 Å². The Kier molecular flexibility index (Phi) is 10.7. The largest absolute Gasteiger partial charge is 0.492 e. The van der Waals surface area contributed by atoms with E-state index in [1.807, 2.05) is 37.8 Å². The predicted molar refractivity (Wildman–Crippen MR) is 180 cm³/mol. The number of halogens is 5. The number of anilines is 3. The Bertz CT molecular complexity index is 1550.